The van der Waals surface area contributed by atoms with Gasteiger partial charge in [-0.25, -0.2) is 10.3 Å². The van der Waals surface area contributed by atoms with Crippen LogP contribution in [0.15, 0.2) is 65.8 Å². The second-order valence-electron chi connectivity index (χ2n) is 3.85. The molecule has 1 aliphatic heterocycles. The third kappa shape index (κ3) is 2.25. The maximum atomic E-state index is 5.71. The summed E-state index contributed by atoms with van der Waals surface area (Å²) in [4.78, 5) is 4.15. The third-order valence-corrected chi connectivity index (χ3v) is 2.59. The van der Waals surface area contributed by atoms with Crippen LogP contribution in [0.3, 0.4) is 0 Å². The van der Waals surface area contributed by atoms with Gasteiger partial charge in [-0.15, -0.1) is 0 Å². The smallest absolute Gasteiger partial charge is 0.127 e. The number of hydrogen-bond acceptors (Lipinski definition) is 2. The maximum Gasteiger partial charge on any atom is 0.127 e. The Kier molecular flexibility index (Phi) is 2.80. The second-order valence-corrected chi connectivity index (χ2v) is 3.85. The number of para-hydroxylation sites is 1. The molecule has 1 aliphatic rings. The molecule has 0 atom stereocenters. The molecule has 1 radical (unpaired) electrons. The molecule has 1 heterocycles. The van der Waals surface area contributed by atoms with Gasteiger partial charge in [0.15, 0.2) is 0 Å². The van der Waals surface area contributed by atoms with E-state index < -0.39 is 0 Å². The van der Waals surface area contributed by atoms with Gasteiger partial charge in [0.05, 0.1) is 11.9 Å². The number of nitrogens with zero attached hydrogens (tertiary/aromatic N) is 2. The Hall–Kier alpha value is -2.55. The van der Waals surface area contributed by atoms with Crippen LogP contribution in [0, 0.1) is 0 Å². The Morgan fingerprint density at radius 2 is 1.50 bits per heavy atom. The molecule has 0 N–H and O–H groups in total. The molecular weight excluding hydrogens is 224 g/mol. The molecule has 0 unspecified atom stereocenters. The highest BCUT2D eigenvalue weighted by Crippen LogP contribution is 2.24. The van der Waals surface area contributed by atoms with Crippen molar-refractivity contribution in [3.63, 3.8) is 0 Å². The van der Waals surface area contributed by atoms with E-state index in [4.69, 9.17) is 4.74 Å². The summed E-state index contributed by atoms with van der Waals surface area (Å²) in [5.74, 6) is 1.64. The van der Waals surface area contributed by atoms with Gasteiger partial charge in [0.25, 0.3) is 0 Å². The molecule has 3 rings (SSSR count). The summed E-state index contributed by atoms with van der Waals surface area (Å²) in [6.07, 6.45) is 3.29. The average molecular weight is 235 g/mol. The first kappa shape index (κ1) is 10.6. The Morgan fingerprint density at radius 3 is 2.17 bits per heavy atom. The van der Waals surface area contributed by atoms with Crippen LogP contribution in [-0.2, 0) is 0 Å². The topological polar surface area (TPSA) is 35.7 Å². The molecule has 18 heavy (non-hydrogen) atoms. The summed E-state index contributed by atoms with van der Waals surface area (Å²) in [6.45, 7) is 0. The molecule has 2 aromatic rings. The number of ether oxygens (including phenoxy) is 1. The van der Waals surface area contributed by atoms with Gasteiger partial charge in [0, 0.05) is 5.56 Å². The van der Waals surface area contributed by atoms with Crippen LogP contribution in [0.5, 0.6) is 11.5 Å². The van der Waals surface area contributed by atoms with E-state index in [1.54, 1.807) is 12.5 Å². The standard InChI is InChI=1S/C15H11N2O/c1-2-4-13(5-3-1)18-14-8-6-12(7-9-14)15-10-16-11-17-15/h1-11H. The normalized spacial score (nSPS) is 13.0. The van der Waals surface area contributed by atoms with Crippen molar-refractivity contribution in [3.8, 4) is 11.5 Å². The van der Waals surface area contributed by atoms with Gasteiger partial charge >= 0.3 is 0 Å². The quantitative estimate of drug-likeness (QED) is 0.802. The Labute approximate surface area is 105 Å². The zero-order valence-corrected chi connectivity index (χ0v) is 9.65. The number of rotatable bonds is 3. The maximum absolute atomic E-state index is 5.71. The first-order chi connectivity index (χ1) is 8.92. The summed E-state index contributed by atoms with van der Waals surface area (Å²) < 4.78 is 5.71. The van der Waals surface area contributed by atoms with Crippen LogP contribution < -0.4 is 10.1 Å². The van der Waals surface area contributed by atoms with E-state index >= 15 is 0 Å². The molecule has 0 amide bonds. The van der Waals surface area contributed by atoms with E-state index in [0.29, 0.717) is 0 Å². The largest absolute Gasteiger partial charge is 0.457 e. The van der Waals surface area contributed by atoms with E-state index in [1.807, 2.05) is 54.6 Å². The van der Waals surface area contributed by atoms with Crippen LogP contribution in [0.2, 0.25) is 0 Å². The molecule has 0 saturated carbocycles. The van der Waals surface area contributed by atoms with Crippen molar-refractivity contribution in [2.24, 2.45) is 4.99 Å². The predicted octanol–water partition coefficient (Wildman–Crippen LogP) is 3.42. The average Bonchev–Trinajstić information content (AvgIpc) is 2.95. The molecule has 3 heteroatoms. The van der Waals surface area contributed by atoms with Crippen LogP contribution in [0.1, 0.15) is 5.56 Å². The lowest BCUT2D eigenvalue weighted by molar-refractivity contribution is 0.482. The van der Waals surface area contributed by atoms with E-state index in [2.05, 4.69) is 10.3 Å². The SMILES string of the molecule is C1=NC(c2ccc(Oc3ccccc3)cc2)=C[N]1. The van der Waals surface area contributed by atoms with Crippen LogP contribution in [0.4, 0.5) is 0 Å². The van der Waals surface area contributed by atoms with Crippen molar-refractivity contribution >= 4 is 12.0 Å². The summed E-state index contributed by atoms with van der Waals surface area (Å²) in [5, 5.41) is 3.95. The molecule has 87 valence electrons. The molecule has 0 bridgehead atoms. The highest BCUT2D eigenvalue weighted by Gasteiger charge is 2.04. The lowest BCUT2D eigenvalue weighted by Crippen LogP contribution is -1.85. The lowest BCUT2D eigenvalue weighted by Gasteiger charge is -2.06. The fourth-order valence-corrected chi connectivity index (χ4v) is 1.70. The van der Waals surface area contributed by atoms with Crippen molar-refractivity contribution < 1.29 is 4.74 Å². The van der Waals surface area contributed by atoms with E-state index in [9.17, 15) is 0 Å². The summed E-state index contributed by atoms with van der Waals surface area (Å²) in [7, 11) is 0. The van der Waals surface area contributed by atoms with Gasteiger partial charge in [-0.05, 0) is 36.4 Å². The number of aliphatic imine (C=N–C) groups is 1. The molecule has 0 saturated heterocycles. The van der Waals surface area contributed by atoms with Crippen LogP contribution in [-0.4, -0.2) is 6.34 Å². The minimum atomic E-state index is 0.810. The van der Waals surface area contributed by atoms with Crippen molar-refractivity contribution in [2.75, 3.05) is 0 Å². The highest BCUT2D eigenvalue weighted by atomic mass is 16.5. The van der Waals surface area contributed by atoms with Gasteiger partial charge in [0.2, 0.25) is 0 Å². The first-order valence-corrected chi connectivity index (χ1v) is 5.68. The van der Waals surface area contributed by atoms with Crippen molar-refractivity contribution in [3.05, 3.63) is 66.4 Å². The second kappa shape index (κ2) is 4.75. The Balaban J connectivity index is 1.77. The zero-order valence-electron chi connectivity index (χ0n) is 9.65. The van der Waals surface area contributed by atoms with Crippen molar-refractivity contribution in [1.29, 1.82) is 0 Å². The minimum Gasteiger partial charge on any atom is -0.457 e. The van der Waals surface area contributed by atoms with Gasteiger partial charge in [-0.3, -0.25) is 0 Å². The molecule has 0 aliphatic carbocycles. The molecule has 0 spiro atoms. The van der Waals surface area contributed by atoms with Gasteiger partial charge < -0.3 is 4.74 Å². The van der Waals surface area contributed by atoms with Crippen LogP contribution in [0.25, 0.3) is 5.70 Å². The zero-order chi connectivity index (χ0) is 12.2. The molecule has 3 nitrogen and oxygen atoms in total. The van der Waals surface area contributed by atoms with E-state index in [-0.39, 0.29) is 0 Å². The first-order valence-electron chi connectivity index (χ1n) is 5.68. The van der Waals surface area contributed by atoms with Crippen molar-refractivity contribution in [2.45, 2.75) is 0 Å². The molecule has 0 fully saturated rings. The Morgan fingerprint density at radius 1 is 0.778 bits per heavy atom. The van der Waals surface area contributed by atoms with E-state index in [0.717, 1.165) is 22.8 Å². The fraction of sp³-hybridized carbons (Fsp3) is 0. The molecule has 2 aromatic carbocycles. The predicted molar refractivity (Wildman–Crippen MR) is 71.6 cm³/mol. The summed E-state index contributed by atoms with van der Waals surface area (Å²) >= 11 is 0. The minimum absolute atomic E-state index is 0.810. The monoisotopic (exact) mass is 235 g/mol. The van der Waals surface area contributed by atoms with Crippen LogP contribution >= 0.6 is 0 Å². The fourth-order valence-electron chi connectivity index (χ4n) is 1.70. The lowest BCUT2D eigenvalue weighted by atomic mass is 10.2. The number of hydrogen-bond donors (Lipinski definition) is 0. The van der Waals surface area contributed by atoms with Gasteiger partial charge in [-0.1, -0.05) is 18.2 Å². The van der Waals surface area contributed by atoms with Crippen molar-refractivity contribution in [1.82, 2.24) is 5.32 Å². The van der Waals surface area contributed by atoms with Gasteiger partial charge in [0.1, 0.15) is 17.8 Å². The molecule has 0 aromatic heterocycles. The summed E-state index contributed by atoms with van der Waals surface area (Å²) in [6, 6.07) is 17.5. The number of benzene rings is 2. The Bertz CT molecular complexity index is 586. The molecular formula is C15H11N2O. The van der Waals surface area contributed by atoms with E-state index in [1.165, 1.54) is 0 Å². The van der Waals surface area contributed by atoms with Gasteiger partial charge in [-0.2, -0.15) is 0 Å². The third-order valence-electron chi connectivity index (χ3n) is 2.59. The summed E-state index contributed by atoms with van der Waals surface area (Å²) in [5.41, 5.74) is 1.91. The highest BCUT2D eigenvalue weighted by molar-refractivity contribution is 5.78.